The monoisotopic (exact) mass is 188 g/mol. The molecule has 1 N–H and O–H groups in total. The molecule has 3 nitrogen and oxygen atoms in total. The molecule has 0 radical (unpaired) electrons. The zero-order valence-electron chi connectivity index (χ0n) is 8.27. The van der Waals surface area contributed by atoms with E-state index in [1.807, 2.05) is 13.8 Å². The first-order valence-electron chi connectivity index (χ1n) is 4.78. The second kappa shape index (κ2) is 4.05. The molecule has 0 saturated carbocycles. The third-order valence-corrected chi connectivity index (χ3v) is 2.47. The van der Waals surface area contributed by atoms with Crippen molar-refractivity contribution in [1.82, 2.24) is 10.2 Å². The normalized spacial score (nSPS) is 19.3. The molecule has 1 aliphatic heterocycles. The van der Waals surface area contributed by atoms with Gasteiger partial charge >= 0.3 is 0 Å². The Hall–Kier alpha value is -0.640. The summed E-state index contributed by atoms with van der Waals surface area (Å²) < 4.78 is 13.5. The maximum Gasteiger partial charge on any atom is 0.225 e. The maximum atomic E-state index is 13.5. The predicted octanol–water partition coefficient (Wildman–Crippen LogP) is 0.556. The fraction of sp³-hybridized carbons (Fsp3) is 0.889. The topological polar surface area (TPSA) is 32.3 Å². The summed E-state index contributed by atoms with van der Waals surface area (Å²) in [5, 5.41) is 2.84. The van der Waals surface area contributed by atoms with E-state index in [1.165, 1.54) is 0 Å². The molecule has 0 spiro atoms. The standard InChI is InChI=1S/C9H17FN2O/c1-3-12(4-2)8(13)5-9(10)6-11-7-9/h11H,3-7H2,1-2H3. The molecule has 1 saturated heterocycles. The largest absolute Gasteiger partial charge is 0.343 e. The Bertz CT molecular complexity index is 188. The minimum absolute atomic E-state index is 0.0294. The minimum atomic E-state index is -1.28. The van der Waals surface area contributed by atoms with E-state index >= 15 is 0 Å². The van der Waals surface area contributed by atoms with Crippen molar-refractivity contribution in [1.29, 1.82) is 0 Å². The van der Waals surface area contributed by atoms with Crippen molar-refractivity contribution in [3.8, 4) is 0 Å². The van der Waals surface area contributed by atoms with Gasteiger partial charge in [0.2, 0.25) is 5.91 Å². The highest BCUT2D eigenvalue weighted by molar-refractivity contribution is 5.77. The van der Waals surface area contributed by atoms with Crippen LogP contribution in [-0.2, 0) is 4.79 Å². The van der Waals surface area contributed by atoms with E-state index in [4.69, 9.17) is 0 Å². The van der Waals surface area contributed by atoms with Crippen molar-refractivity contribution < 1.29 is 9.18 Å². The van der Waals surface area contributed by atoms with Crippen LogP contribution in [-0.4, -0.2) is 42.7 Å². The van der Waals surface area contributed by atoms with Crippen molar-refractivity contribution in [3.63, 3.8) is 0 Å². The van der Waals surface area contributed by atoms with Gasteiger partial charge in [-0.05, 0) is 13.8 Å². The number of halogens is 1. The second-order valence-electron chi connectivity index (χ2n) is 3.50. The van der Waals surface area contributed by atoms with Crippen LogP contribution in [0.5, 0.6) is 0 Å². The molecule has 0 aromatic rings. The Kier molecular flexibility index (Phi) is 3.25. The minimum Gasteiger partial charge on any atom is -0.343 e. The van der Waals surface area contributed by atoms with Crippen LogP contribution in [0.25, 0.3) is 0 Å². The van der Waals surface area contributed by atoms with E-state index in [1.54, 1.807) is 4.90 Å². The van der Waals surface area contributed by atoms with Gasteiger partial charge in [0.25, 0.3) is 0 Å². The lowest BCUT2D eigenvalue weighted by molar-refractivity contribution is -0.134. The van der Waals surface area contributed by atoms with Crippen molar-refractivity contribution in [3.05, 3.63) is 0 Å². The number of rotatable bonds is 4. The molecule has 1 fully saturated rings. The number of nitrogens with one attached hydrogen (secondary N) is 1. The van der Waals surface area contributed by atoms with Gasteiger partial charge < -0.3 is 10.2 Å². The van der Waals surface area contributed by atoms with Crippen LogP contribution in [0.3, 0.4) is 0 Å². The van der Waals surface area contributed by atoms with Gasteiger partial charge in [-0.15, -0.1) is 0 Å². The van der Waals surface area contributed by atoms with Crippen LogP contribution < -0.4 is 5.32 Å². The maximum absolute atomic E-state index is 13.5. The molecule has 0 aromatic heterocycles. The van der Waals surface area contributed by atoms with Crippen molar-refractivity contribution in [2.45, 2.75) is 25.9 Å². The first-order chi connectivity index (χ1) is 6.11. The SMILES string of the molecule is CCN(CC)C(=O)CC1(F)CNC1. The van der Waals surface area contributed by atoms with E-state index in [0.717, 1.165) is 0 Å². The summed E-state index contributed by atoms with van der Waals surface area (Å²) in [6, 6.07) is 0. The molecule has 1 rings (SSSR count). The molecular formula is C9H17FN2O. The van der Waals surface area contributed by atoms with Gasteiger partial charge in [-0.2, -0.15) is 0 Å². The van der Waals surface area contributed by atoms with Gasteiger partial charge in [0.15, 0.2) is 0 Å². The van der Waals surface area contributed by atoms with E-state index < -0.39 is 5.67 Å². The number of carbonyl (C=O) groups excluding carboxylic acids is 1. The van der Waals surface area contributed by atoms with Gasteiger partial charge in [0.05, 0.1) is 6.42 Å². The number of carbonyl (C=O) groups is 1. The summed E-state index contributed by atoms with van der Waals surface area (Å²) in [7, 11) is 0. The zero-order valence-corrected chi connectivity index (χ0v) is 8.27. The Balaban J connectivity index is 2.39. The molecule has 1 heterocycles. The van der Waals surface area contributed by atoms with Crippen LogP contribution in [0.15, 0.2) is 0 Å². The van der Waals surface area contributed by atoms with E-state index in [2.05, 4.69) is 5.32 Å². The highest BCUT2D eigenvalue weighted by Crippen LogP contribution is 2.21. The molecule has 13 heavy (non-hydrogen) atoms. The van der Waals surface area contributed by atoms with Crippen molar-refractivity contribution in [2.24, 2.45) is 0 Å². The summed E-state index contributed by atoms with van der Waals surface area (Å²) in [6.07, 6.45) is 0.0294. The number of hydrogen-bond acceptors (Lipinski definition) is 2. The molecule has 1 amide bonds. The fourth-order valence-corrected chi connectivity index (χ4v) is 1.48. The molecule has 0 aliphatic carbocycles. The first-order valence-corrected chi connectivity index (χ1v) is 4.78. The third kappa shape index (κ3) is 2.40. The Labute approximate surface area is 78.3 Å². The molecule has 76 valence electrons. The van der Waals surface area contributed by atoms with Crippen LogP contribution in [0.1, 0.15) is 20.3 Å². The van der Waals surface area contributed by atoms with Gasteiger partial charge in [-0.25, -0.2) is 4.39 Å². The molecule has 4 heteroatoms. The highest BCUT2D eigenvalue weighted by Gasteiger charge is 2.39. The molecule has 0 aromatic carbocycles. The van der Waals surface area contributed by atoms with E-state index in [9.17, 15) is 9.18 Å². The lowest BCUT2D eigenvalue weighted by Gasteiger charge is -2.35. The smallest absolute Gasteiger partial charge is 0.225 e. The summed E-state index contributed by atoms with van der Waals surface area (Å²) in [4.78, 5) is 13.1. The second-order valence-corrected chi connectivity index (χ2v) is 3.50. The average molecular weight is 188 g/mol. The van der Waals surface area contributed by atoms with Crippen molar-refractivity contribution in [2.75, 3.05) is 26.2 Å². The van der Waals surface area contributed by atoms with Gasteiger partial charge in [-0.3, -0.25) is 4.79 Å². The van der Waals surface area contributed by atoms with Crippen LogP contribution in [0.4, 0.5) is 4.39 Å². The summed E-state index contributed by atoms with van der Waals surface area (Å²) >= 11 is 0. The molecule has 1 aliphatic rings. The quantitative estimate of drug-likeness (QED) is 0.699. The Morgan fingerprint density at radius 3 is 2.31 bits per heavy atom. The summed E-state index contributed by atoms with van der Waals surface area (Å²) in [5.74, 6) is -0.0750. The zero-order chi connectivity index (χ0) is 9.90. The number of alkyl halides is 1. The predicted molar refractivity (Wildman–Crippen MR) is 49.3 cm³/mol. The number of nitrogens with zero attached hydrogens (tertiary/aromatic N) is 1. The van der Waals surface area contributed by atoms with E-state index in [-0.39, 0.29) is 12.3 Å². The van der Waals surface area contributed by atoms with Gasteiger partial charge in [0.1, 0.15) is 5.67 Å². The average Bonchev–Trinajstić information content (AvgIpc) is 2.04. The summed E-state index contributed by atoms with van der Waals surface area (Å²) in [6.45, 7) is 5.79. The van der Waals surface area contributed by atoms with Gasteiger partial charge in [-0.1, -0.05) is 0 Å². The van der Waals surface area contributed by atoms with Gasteiger partial charge in [0, 0.05) is 26.2 Å². The molecule has 0 bridgehead atoms. The Morgan fingerprint density at radius 2 is 2.00 bits per heavy atom. The fourth-order valence-electron chi connectivity index (χ4n) is 1.48. The first kappa shape index (κ1) is 10.4. The molecule has 0 unspecified atom stereocenters. The Morgan fingerprint density at radius 1 is 1.46 bits per heavy atom. The highest BCUT2D eigenvalue weighted by atomic mass is 19.1. The van der Waals surface area contributed by atoms with E-state index in [0.29, 0.717) is 26.2 Å². The van der Waals surface area contributed by atoms with Crippen LogP contribution in [0.2, 0.25) is 0 Å². The number of amides is 1. The lowest BCUT2D eigenvalue weighted by atomic mass is 9.94. The van der Waals surface area contributed by atoms with Crippen molar-refractivity contribution >= 4 is 5.91 Å². The number of hydrogen-bond donors (Lipinski definition) is 1. The molecule has 0 atom stereocenters. The lowest BCUT2D eigenvalue weighted by Crippen LogP contribution is -2.58. The molecular weight excluding hydrogens is 171 g/mol. The third-order valence-electron chi connectivity index (χ3n) is 2.47. The van der Waals surface area contributed by atoms with Crippen LogP contribution >= 0.6 is 0 Å². The summed E-state index contributed by atoms with van der Waals surface area (Å²) in [5.41, 5.74) is -1.28. The van der Waals surface area contributed by atoms with Crippen LogP contribution in [0, 0.1) is 0 Å².